The summed E-state index contributed by atoms with van der Waals surface area (Å²) in [6, 6.07) is 0. The van der Waals surface area contributed by atoms with Crippen LogP contribution in [0.4, 0.5) is 0 Å². The Morgan fingerprint density at radius 2 is 1.85 bits per heavy atom. The Labute approximate surface area is 204 Å². The Balaban J connectivity index is 1.51. The quantitative estimate of drug-likeness (QED) is 0.283. The van der Waals surface area contributed by atoms with Crippen molar-refractivity contribution in [3.63, 3.8) is 0 Å². The van der Waals surface area contributed by atoms with Crippen LogP contribution in [0.3, 0.4) is 0 Å². The third kappa shape index (κ3) is 4.35. The normalized spacial score (nSPS) is 42.1. The highest BCUT2D eigenvalue weighted by Crippen LogP contribution is 2.67. The van der Waals surface area contributed by atoms with Gasteiger partial charge in [-0.25, -0.2) is 0 Å². The lowest BCUT2D eigenvalue weighted by Gasteiger charge is -2.61. The maximum atomic E-state index is 12.0. The fraction of sp³-hybridized carbons (Fsp3) is 0.903. The van der Waals surface area contributed by atoms with Crippen LogP contribution in [0.5, 0.6) is 0 Å². The molecule has 0 amide bonds. The summed E-state index contributed by atoms with van der Waals surface area (Å²) in [5, 5.41) is 0. The topological polar surface area (TPSA) is 26.3 Å². The van der Waals surface area contributed by atoms with Gasteiger partial charge in [0.25, 0.3) is 0 Å². The number of carbonyl (C=O) groups excluding carboxylic acids is 1. The Hall–Kier alpha value is -0.790. The second kappa shape index (κ2) is 9.69. The molecule has 3 saturated carbocycles. The molecule has 0 aromatic rings. The van der Waals surface area contributed by atoms with E-state index < -0.39 is 0 Å². The molecule has 188 valence electrons. The van der Waals surface area contributed by atoms with Crippen LogP contribution in [0.15, 0.2) is 11.6 Å². The van der Waals surface area contributed by atoms with Crippen molar-refractivity contribution in [3.8, 4) is 0 Å². The summed E-state index contributed by atoms with van der Waals surface area (Å²) in [7, 11) is 0. The minimum atomic E-state index is -0.0783. The Kier molecular flexibility index (Phi) is 7.43. The minimum absolute atomic E-state index is 0.0783. The molecule has 0 spiro atoms. The van der Waals surface area contributed by atoms with Crippen LogP contribution in [0, 0.1) is 52.3 Å². The van der Waals surface area contributed by atoms with Crippen molar-refractivity contribution in [2.24, 2.45) is 52.3 Å². The maximum absolute atomic E-state index is 12.0. The van der Waals surface area contributed by atoms with Crippen molar-refractivity contribution in [2.75, 3.05) is 0 Å². The van der Waals surface area contributed by atoms with Gasteiger partial charge in [0, 0.05) is 12.3 Å². The van der Waals surface area contributed by atoms with Crippen molar-refractivity contribution in [1.29, 1.82) is 0 Å². The second-order valence-electron chi connectivity index (χ2n) is 13.3. The molecule has 0 aromatic heterocycles. The fourth-order valence-electron chi connectivity index (χ4n) is 9.59. The molecule has 0 aromatic carbocycles. The van der Waals surface area contributed by atoms with E-state index in [4.69, 9.17) is 4.74 Å². The van der Waals surface area contributed by atoms with Gasteiger partial charge in [-0.2, -0.15) is 0 Å². The first kappa shape index (κ1) is 25.3. The first-order valence-corrected chi connectivity index (χ1v) is 14.5. The van der Waals surface area contributed by atoms with E-state index in [0.717, 1.165) is 41.9 Å². The fourth-order valence-corrected chi connectivity index (χ4v) is 9.59. The smallest absolute Gasteiger partial charge is 0.302 e. The minimum Gasteiger partial charge on any atom is -0.462 e. The predicted octanol–water partition coefficient (Wildman–Crippen LogP) is 8.60. The molecular formula is C31H52O2. The molecule has 2 heteroatoms. The lowest BCUT2D eigenvalue weighted by Crippen LogP contribution is -2.57. The van der Waals surface area contributed by atoms with Crippen molar-refractivity contribution in [1.82, 2.24) is 0 Å². The largest absolute Gasteiger partial charge is 0.462 e. The second-order valence-corrected chi connectivity index (χ2v) is 13.3. The zero-order valence-corrected chi connectivity index (χ0v) is 22.8. The van der Waals surface area contributed by atoms with Gasteiger partial charge >= 0.3 is 5.97 Å². The first-order chi connectivity index (χ1) is 15.6. The van der Waals surface area contributed by atoms with Crippen LogP contribution in [0.2, 0.25) is 0 Å². The molecule has 0 saturated heterocycles. The highest BCUT2D eigenvalue weighted by molar-refractivity contribution is 5.66. The molecule has 0 radical (unpaired) electrons. The molecular weight excluding hydrogens is 404 g/mol. The maximum Gasteiger partial charge on any atom is 0.302 e. The van der Waals surface area contributed by atoms with E-state index >= 15 is 0 Å². The molecule has 4 aliphatic carbocycles. The highest BCUT2D eigenvalue weighted by Gasteiger charge is 2.60. The number of fused-ring (bicyclic) bond motifs is 5. The SMILES string of the molecule is CC[C@H](CC[C@@H](C)[C@H]1CC=C2[C@@H]3CCC4CCCC(OC(C)=O)[C@]4(C)[C@H]3CC[C@@]21C)C(C)C. The van der Waals surface area contributed by atoms with Gasteiger partial charge in [0.2, 0.25) is 0 Å². The van der Waals surface area contributed by atoms with E-state index in [0.29, 0.717) is 11.3 Å². The number of ether oxygens (including phenoxy) is 1. The number of allylic oxidation sites excluding steroid dienone is 2. The Bertz CT molecular complexity index is 737. The summed E-state index contributed by atoms with van der Waals surface area (Å²) in [6.07, 6.45) is 17.2. The van der Waals surface area contributed by atoms with Gasteiger partial charge in [0.05, 0.1) is 0 Å². The molecule has 0 N–H and O–H groups in total. The molecule has 2 unspecified atom stereocenters. The average Bonchev–Trinajstić information content (AvgIpc) is 3.11. The third-order valence-electron chi connectivity index (χ3n) is 11.6. The zero-order chi connectivity index (χ0) is 24.0. The van der Waals surface area contributed by atoms with Gasteiger partial charge in [-0.1, -0.05) is 66.0 Å². The molecule has 33 heavy (non-hydrogen) atoms. The Morgan fingerprint density at radius 3 is 2.52 bits per heavy atom. The van der Waals surface area contributed by atoms with Crippen LogP contribution in [-0.2, 0) is 9.53 Å². The van der Waals surface area contributed by atoms with Crippen molar-refractivity contribution in [2.45, 2.75) is 125 Å². The molecule has 0 aliphatic heterocycles. The van der Waals surface area contributed by atoms with Crippen LogP contribution in [-0.4, -0.2) is 12.1 Å². The van der Waals surface area contributed by atoms with Gasteiger partial charge in [0.15, 0.2) is 0 Å². The van der Waals surface area contributed by atoms with E-state index in [-0.39, 0.29) is 17.5 Å². The standard InChI is InChI=1S/C31H52O2/c1-8-23(20(2)3)13-12-21(4)26-16-17-27-25-15-14-24-10-9-11-29(33-22(5)32)31(24,7)28(25)18-19-30(26,27)6/h17,20-21,23-26,28-29H,8-16,18-19H2,1-7H3/t21-,23-,24?,25+,26-,28+,29?,30-,31+/m1/s1. The van der Waals surface area contributed by atoms with Crippen molar-refractivity contribution in [3.05, 3.63) is 11.6 Å². The van der Waals surface area contributed by atoms with Gasteiger partial charge in [-0.3, -0.25) is 4.79 Å². The van der Waals surface area contributed by atoms with E-state index in [1.165, 1.54) is 64.2 Å². The van der Waals surface area contributed by atoms with Gasteiger partial charge < -0.3 is 4.74 Å². The molecule has 4 rings (SSSR count). The summed E-state index contributed by atoms with van der Waals surface area (Å²) < 4.78 is 6.03. The van der Waals surface area contributed by atoms with E-state index in [2.05, 4.69) is 47.6 Å². The van der Waals surface area contributed by atoms with Crippen LogP contribution < -0.4 is 0 Å². The molecule has 0 heterocycles. The monoisotopic (exact) mass is 456 g/mol. The number of hydrogen-bond donors (Lipinski definition) is 0. The first-order valence-electron chi connectivity index (χ1n) is 14.5. The summed E-state index contributed by atoms with van der Waals surface area (Å²) in [5.74, 6) is 5.39. The van der Waals surface area contributed by atoms with Gasteiger partial charge in [-0.05, 0) is 105 Å². The number of hydrogen-bond acceptors (Lipinski definition) is 2. The highest BCUT2D eigenvalue weighted by atomic mass is 16.5. The molecule has 0 bridgehead atoms. The number of carbonyl (C=O) groups is 1. The lowest BCUT2D eigenvalue weighted by atomic mass is 9.45. The molecule has 9 atom stereocenters. The van der Waals surface area contributed by atoms with Crippen molar-refractivity contribution < 1.29 is 9.53 Å². The summed E-state index contributed by atoms with van der Waals surface area (Å²) in [5.41, 5.74) is 2.39. The summed E-state index contributed by atoms with van der Waals surface area (Å²) >= 11 is 0. The average molecular weight is 457 g/mol. The predicted molar refractivity (Wildman–Crippen MR) is 138 cm³/mol. The van der Waals surface area contributed by atoms with Crippen LogP contribution in [0.25, 0.3) is 0 Å². The lowest BCUT2D eigenvalue weighted by molar-refractivity contribution is -0.178. The Morgan fingerprint density at radius 1 is 1.09 bits per heavy atom. The number of esters is 1. The van der Waals surface area contributed by atoms with Crippen LogP contribution >= 0.6 is 0 Å². The summed E-state index contributed by atoms with van der Waals surface area (Å²) in [6.45, 7) is 16.5. The number of rotatable bonds is 7. The van der Waals surface area contributed by atoms with E-state index in [9.17, 15) is 4.79 Å². The van der Waals surface area contributed by atoms with Gasteiger partial charge in [-0.15, -0.1) is 0 Å². The van der Waals surface area contributed by atoms with Crippen LogP contribution in [0.1, 0.15) is 119 Å². The zero-order valence-electron chi connectivity index (χ0n) is 22.8. The molecule has 3 fully saturated rings. The molecule has 4 aliphatic rings. The van der Waals surface area contributed by atoms with Gasteiger partial charge in [0.1, 0.15) is 6.10 Å². The molecule has 2 nitrogen and oxygen atoms in total. The summed E-state index contributed by atoms with van der Waals surface area (Å²) in [4.78, 5) is 12.0. The third-order valence-corrected chi connectivity index (χ3v) is 11.6. The van der Waals surface area contributed by atoms with E-state index in [1.807, 2.05) is 5.57 Å². The van der Waals surface area contributed by atoms with E-state index in [1.54, 1.807) is 6.92 Å². The van der Waals surface area contributed by atoms with Crippen molar-refractivity contribution >= 4 is 5.97 Å².